The average Bonchev–Trinajstić information content (AvgIpc) is 2.44. The topological polar surface area (TPSA) is 12.5 Å². The molecule has 0 heterocycles. The van der Waals surface area contributed by atoms with Gasteiger partial charge < -0.3 is 4.74 Å². The van der Waals surface area contributed by atoms with Gasteiger partial charge in [0.2, 0.25) is 0 Å². The van der Waals surface area contributed by atoms with Crippen molar-refractivity contribution in [3.8, 4) is 5.75 Å². The Kier molecular flexibility index (Phi) is 5.39. The molecule has 20 heavy (non-hydrogen) atoms. The van der Waals surface area contributed by atoms with E-state index in [0.717, 1.165) is 5.75 Å². The van der Waals surface area contributed by atoms with Crippen molar-refractivity contribution >= 4 is 11.6 Å². The van der Waals surface area contributed by atoms with Crippen LogP contribution >= 0.6 is 11.6 Å². The van der Waals surface area contributed by atoms with E-state index in [-0.39, 0.29) is 5.82 Å². The summed E-state index contributed by atoms with van der Waals surface area (Å²) in [6.45, 7) is 1.70. The molecule has 0 atom stereocenters. The summed E-state index contributed by atoms with van der Waals surface area (Å²) in [6.07, 6.45) is 0. The summed E-state index contributed by atoms with van der Waals surface area (Å²) in [7, 11) is 1.91. The van der Waals surface area contributed by atoms with E-state index in [1.165, 1.54) is 6.07 Å². The summed E-state index contributed by atoms with van der Waals surface area (Å²) in [5, 5.41) is 0.459. The zero-order valence-corrected chi connectivity index (χ0v) is 12.1. The standard InChI is InChI=1S/C16H17ClFNO/c1-19(10-11-20-13-6-3-2-4-7-13)12-14-15(17)8-5-9-16(14)18/h2-9H,10-12H2,1H3. The summed E-state index contributed by atoms with van der Waals surface area (Å²) in [6, 6.07) is 14.4. The van der Waals surface area contributed by atoms with E-state index in [1.807, 2.05) is 42.3 Å². The number of benzene rings is 2. The molecule has 0 spiro atoms. The van der Waals surface area contributed by atoms with Crippen molar-refractivity contribution in [2.45, 2.75) is 6.54 Å². The number of ether oxygens (including phenoxy) is 1. The zero-order chi connectivity index (χ0) is 14.4. The first-order valence-electron chi connectivity index (χ1n) is 6.46. The summed E-state index contributed by atoms with van der Waals surface area (Å²) in [4.78, 5) is 1.98. The Morgan fingerprint density at radius 1 is 1.10 bits per heavy atom. The van der Waals surface area contributed by atoms with Crippen LogP contribution in [0.25, 0.3) is 0 Å². The molecule has 0 aliphatic carbocycles. The number of rotatable bonds is 6. The molecule has 0 amide bonds. The van der Waals surface area contributed by atoms with Gasteiger partial charge in [-0.15, -0.1) is 0 Å². The maximum Gasteiger partial charge on any atom is 0.129 e. The Bertz CT molecular complexity index is 527. The SMILES string of the molecule is CN(CCOc1ccccc1)Cc1c(F)cccc1Cl. The van der Waals surface area contributed by atoms with Gasteiger partial charge in [0.15, 0.2) is 0 Å². The number of nitrogens with zero attached hydrogens (tertiary/aromatic N) is 1. The highest BCUT2D eigenvalue weighted by molar-refractivity contribution is 6.31. The fourth-order valence-corrected chi connectivity index (χ4v) is 2.09. The first-order chi connectivity index (χ1) is 9.66. The van der Waals surface area contributed by atoms with Crippen molar-refractivity contribution in [3.05, 3.63) is 64.9 Å². The molecule has 2 rings (SSSR count). The second kappa shape index (κ2) is 7.27. The Morgan fingerprint density at radius 3 is 2.55 bits per heavy atom. The van der Waals surface area contributed by atoms with Crippen LogP contribution in [0.3, 0.4) is 0 Å². The maximum absolute atomic E-state index is 13.7. The van der Waals surface area contributed by atoms with E-state index < -0.39 is 0 Å². The van der Waals surface area contributed by atoms with Crippen LogP contribution in [-0.4, -0.2) is 25.1 Å². The summed E-state index contributed by atoms with van der Waals surface area (Å²) in [5.41, 5.74) is 0.524. The molecule has 0 N–H and O–H groups in total. The number of hydrogen-bond donors (Lipinski definition) is 0. The number of hydrogen-bond acceptors (Lipinski definition) is 2. The van der Waals surface area contributed by atoms with Gasteiger partial charge in [0.05, 0.1) is 0 Å². The van der Waals surface area contributed by atoms with Crippen LogP contribution in [-0.2, 0) is 6.54 Å². The van der Waals surface area contributed by atoms with Crippen molar-refractivity contribution in [2.24, 2.45) is 0 Å². The molecular formula is C16H17ClFNO. The lowest BCUT2D eigenvalue weighted by atomic mass is 10.2. The van der Waals surface area contributed by atoms with Gasteiger partial charge in [0.25, 0.3) is 0 Å². The average molecular weight is 294 g/mol. The van der Waals surface area contributed by atoms with E-state index in [1.54, 1.807) is 12.1 Å². The predicted molar refractivity (Wildman–Crippen MR) is 79.7 cm³/mol. The fourth-order valence-electron chi connectivity index (χ4n) is 1.87. The molecule has 0 bridgehead atoms. The molecule has 106 valence electrons. The van der Waals surface area contributed by atoms with Crippen molar-refractivity contribution in [1.29, 1.82) is 0 Å². The predicted octanol–water partition coefficient (Wildman–Crippen LogP) is 3.99. The van der Waals surface area contributed by atoms with Crippen LogP contribution in [0.4, 0.5) is 4.39 Å². The Balaban J connectivity index is 1.82. The summed E-state index contributed by atoms with van der Waals surface area (Å²) in [5.74, 6) is 0.568. The van der Waals surface area contributed by atoms with Crippen molar-refractivity contribution in [1.82, 2.24) is 4.90 Å². The molecular weight excluding hydrogens is 277 g/mol. The van der Waals surface area contributed by atoms with E-state index in [2.05, 4.69) is 0 Å². The molecule has 2 nitrogen and oxygen atoms in total. The van der Waals surface area contributed by atoms with Crippen LogP contribution in [0, 0.1) is 5.82 Å². The van der Waals surface area contributed by atoms with Crippen LogP contribution < -0.4 is 4.74 Å². The lowest BCUT2D eigenvalue weighted by Crippen LogP contribution is -2.24. The fraction of sp³-hybridized carbons (Fsp3) is 0.250. The second-order valence-electron chi connectivity index (χ2n) is 4.60. The third-order valence-corrected chi connectivity index (χ3v) is 3.33. The van der Waals surface area contributed by atoms with Gasteiger partial charge >= 0.3 is 0 Å². The van der Waals surface area contributed by atoms with Crippen LogP contribution in [0.15, 0.2) is 48.5 Å². The highest BCUT2D eigenvalue weighted by Crippen LogP contribution is 2.20. The van der Waals surface area contributed by atoms with Gasteiger partial charge in [-0.3, -0.25) is 4.90 Å². The smallest absolute Gasteiger partial charge is 0.129 e. The first-order valence-corrected chi connectivity index (χ1v) is 6.84. The third-order valence-electron chi connectivity index (χ3n) is 2.97. The molecule has 0 aromatic heterocycles. The lowest BCUT2D eigenvalue weighted by molar-refractivity contribution is 0.231. The summed E-state index contributed by atoms with van der Waals surface area (Å²) >= 11 is 6.01. The lowest BCUT2D eigenvalue weighted by Gasteiger charge is -2.18. The first kappa shape index (κ1) is 14.8. The van der Waals surface area contributed by atoms with E-state index in [0.29, 0.717) is 30.3 Å². The summed E-state index contributed by atoms with van der Waals surface area (Å²) < 4.78 is 19.3. The molecule has 0 radical (unpaired) electrons. The van der Waals surface area contributed by atoms with Gasteiger partial charge in [0.1, 0.15) is 18.2 Å². The van der Waals surface area contributed by atoms with Crippen molar-refractivity contribution in [2.75, 3.05) is 20.2 Å². The molecule has 0 unspecified atom stereocenters. The van der Waals surface area contributed by atoms with Gasteiger partial charge in [-0.1, -0.05) is 35.9 Å². The zero-order valence-electron chi connectivity index (χ0n) is 11.4. The Hall–Kier alpha value is -1.58. The molecule has 0 aliphatic rings. The van der Waals surface area contributed by atoms with Gasteiger partial charge in [-0.25, -0.2) is 4.39 Å². The van der Waals surface area contributed by atoms with E-state index in [4.69, 9.17) is 16.3 Å². The van der Waals surface area contributed by atoms with E-state index in [9.17, 15) is 4.39 Å². The van der Waals surface area contributed by atoms with Crippen LogP contribution in [0.1, 0.15) is 5.56 Å². The minimum absolute atomic E-state index is 0.270. The molecule has 0 saturated carbocycles. The highest BCUT2D eigenvalue weighted by Gasteiger charge is 2.09. The highest BCUT2D eigenvalue weighted by atomic mass is 35.5. The normalized spacial score (nSPS) is 10.8. The third kappa shape index (κ3) is 4.22. The Labute approximate surface area is 123 Å². The minimum Gasteiger partial charge on any atom is -0.492 e. The van der Waals surface area contributed by atoms with Gasteiger partial charge in [-0.05, 0) is 31.3 Å². The second-order valence-corrected chi connectivity index (χ2v) is 5.01. The molecule has 0 saturated heterocycles. The minimum atomic E-state index is -0.270. The Morgan fingerprint density at radius 2 is 1.85 bits per heavy atom. The largest absolute Gasteiger partial charge is 0.492 e. The number of likely N-dealkylation sites (N-methyl/N-ethyl adjacent to an activating group) is 1. The molecule has 2 aromatic carbocycles. The molecule has 2 aromatic rings. The van der Waals surface area contributed by atoms with Gasteiger partial charge in [-0.2, -0.15) is 0 Å². The van der Waals surface area contributed by atoms with Crippen LogP contribution in [0.2, 0.25) is 5.02 Å². The number of halogens is 2. The van der Waals surface area contributed by atoms with Crippen LogP contribution in [0.5, 0.6) is 5.75 Å². The monoisotopic (exact) mass is 293 g/mol. The molecule has 0 aliphatic heterocycles. The molecule has 0 fully saturated rings. The maximum atomic E-state index is 13.7. The number of para-hydroxylation sites is 1. The molecule has 4 heteroatoms. The van der Waals surface area contributed by atoms with E-state index >= 15 is 0 Å². The van der Waals surface area contributed by atoms with Crippen molar-refractivity contribution in [3.63, 3.8) is 0 Å². The van der Waals surface area contributed by atoms with Gasteiger partial charge in [0, 0.05) is 23.7 Å². The van der Waals surface area contributed by atoms with Crippen molar-refractivity contribution < 1.29 is 9.13 Å². The quantitative estimate of drug-likeness (QED) is 0.798.